The molecule has 0 radical (unpaired) electrons. The maximum absolute atomic E-state index is 11.2. The van der Waals surface area contributed by atoms with Crippen molar-refractivity contribution in [2.24, 2.45) is 0 Å². The fourth-order valence-corrected chi connectivity index (χ4v) is 1.07. The van der Waals surface area contributed by atoms with E-state index in [2.05, 4.69) is 17.8 Å². The number of nitrogens with zero attached hydrogens (tertiary/aromatic N) is 1. The molecule has 1 unspecified atom stereocenters. The zero-order valence-corrected chi connectivity index (χ0v) is 7.53. The lowest BCUT2D eigenvalue weighted by Gasteiger charge is -2.20. The molecule has 0 aromatic heterocycles. The van der Waals surface area contributed by atoms with Gasteiger partial charge in [0.05, 0.1) is 6.54 Å². The first-order valence-corrected chi connectivity index (χ1v) is 3.98. The number of carbonyl (C=O) groups excluding carboxylic acids is 2. The highest BCUT2D eigenvalue weighted by Crippen LogP contribution is 2.08. The summed E-state index contributed by atoms with van der Waals surface area (Å²) in [5.41, 5.74) is 0. The van der Waals surface area contributed by atoms with Crippen molar-refractivity contribution in [1.82, 2.24) is 10.2 Å². The molecule has 1 heterocycles. The Kier molecular flexibility index (Phi) is 3.26. The standard InChI is InChI=1S/C9H10N2O3/c1-3-5-14-8(4-2)11-7(12)6-10-9(11)13/h1,4,8H,2,5-6H2,(H,10,13). The van der Waals surface area contributed by atoms with Crippen molar-refractivity contribution in [3.05, 3.63) is 12.7 Å². The first-order chi connectivity index (χ1) is 6.70. The fourth-order valence-electron chi connectivity index (χ4n) is 1.07. The molecule has 0 aliphatic carbocycles. The summed E-state index contributed by atoms with van der Waals surface area (Å²) in [7, 11) is 0. The minimum absolute atomic E-state index is 0.0113. The molecule has 1 aliphatic heterocycles. The van der Waals surface area contributed by atoms with E-state index in [1.54, 1.807) is 0 Å². The lowest BCUT2D eigenvalue weighted by atomic mass is 10.4. The molecule has 74 valence electrons. The van der Waals surface area contributed by atoms with Crippen LogP contribution in [0.1, 0.15) is 0 Å². The van der Waals surface area contributed by atoms with E-state index in [0.29, 0.717) is 0 Å². The first-order valence-electron chi connectivity index (χ1n) is 3.98. The van der Waals surface area contributed by atoms with E-state index in [4.69, 9.17) is 11.2 Å². The predicted molar refractivity (Wildman–Crippen MR) is 49.0 cm³/mol. The van der Waals surface area contributed by atoms with Crippen LogP contribution in [0, 0.1) is 12.3 Å². The SMILES string of the molecule is C#CCOC(C=C)N1C(=O)CNC1=O. The molecule has 1 fully saturated rings. The molecule has 1 aliphatic rings. The summed E-state index contributed by atoms with van der Waals surface area (Å²) >= 11 is 0. The predicted octanol–water partition coefficient (Wildman–Crippen LogP) is -0.300. The highest BCUT2D eigenvalue weighted by Gasteiger charge is 2.33. The van der Waals surface area contributed by atoms with Crippen LogP contribution in [0.25, 0.3) is 0 Å². The summed E-state index contributed by atoms with van der Waals surface area (Å²) in [4.78, 5) is 23.3. The Labute approximate surface area is 81.7 Å². The Morgan fingerprint density at radius 2 is 2.50 bits per heavy atom. The van der Waals surface area contributed by atoms with E-state index in [9.17, 15) is 9.59 Å². The van der Waals surface area contributed by atoms with Crippen LogP contribution in [0.15, 0.2) is 12.7 Å². The molecule has 14 heavy (non-hydrogen) atoms. The van der Waals surface area contributed by atoms with Gasteiger partial charge in [0, 0.05) is 0 Å². The molecular weight excluding hydrogens is 184 g/mol. The maximum atomic E-state index is 11.2. The van der Waals surface area contributed by atoms with Crippen molar-refractivity contribution in [3.63, 3.8) is 0 Å². The van der Waals surface area contributed by atoms with E-state index in [1.807, 2.05) is 0 Å². The normalized spacial score (nSPS) is 17.5. The van der Waals surface area contributed by atoms with Crippen molar-refractivity contribution in [2.75, 3.05) is 13.2 Å². The molecule has 0 aromatic rings. The van der Waals surface area contributed by atoms with Gasteiger partial charge in [0.15, 0.2) is 6.23 Å². The molecule has 5 heteroatoms. The van der Waals surface area contributed by atoms with Crippen LogP contribution < -0.4 is 5.32 Å². The van der Waals surface area contributed by atoms with Gasteiger partial charge in [-0.2, -0.15) is 0 Å². The van der Waals surface area contributed by atoms with Gasteiger partial charge in [0.1, 0.15) is 6.61 Å². The number of amides is 3. The van der Waals surface area contributed by atoms with Gasteiger partial charge >= 0.3 is 6.03 Å². The molecule has 0 bridgehead atoms. The molecule has 0 spiro atoms. The van der Waals surface area contributed by atoms with Gasteiger partial charge in [-0.1, -0.05) is 12.5 Å². The van der Waals surface area contributed by atoms with Crippen LogP contribution in [0.5, 0.6) is 0 Å². The van der Waals surface area contributed by atoms with Crippen LogP contribution in [0.4, 0.5) is 4.79 Å². The zero-order valence-electron chi connectivity index (χ0n) is 7.53. The lowest BCUT2D eigenvalue weighted by Crippen LogP contribution is -2.41. The molecule has 0 aromatic carbocycles. The molecule has 1 atom stereocenters. The number of terminal acetylenes is 1. The summed E-state index contributed by atoms with van der Waals surface area (Å²) in [6, 6.07) is -0.489. The van der Waals surface area contributed by atoms with Crippen LogP contribution in [0.2, 0.25) is 0 Å². The van der Waals surface area contributed by atoms with Gasteiger partial charge in [-0.15, -0.1) is 6.42 Å². The van der Waals surface area contributed by atoms with Crippen molar-refractivity contribution in [3.8, 4) is 12.3 Å². The lowest BCUT2D eigenvalue weighted by molar-refractivity contribution is -0.131. The van der Waals surface area contributed by atoms with Gasteiger partial charge < -0.3 is 10.1 Å². The number of hydrogen-bond acceptors (Lipinski definition) is 3. The molecule has 1 rings (SSSR count). The van der Waals surface area contributed by atoms with E-state index >= 15 is 0 Å². The topological polar surface area (TPSA) is 58.6 Å². The minimum Gasteiger partial charge on any atom is -0.341 e. The number of urea groups is 1. The Bertz CT molecular complexity index is 290. The van der Waals surface area contributed by atoms with Crippen molar-refractivity contribution in [1.29, 1.82) is 0 Å². The third-order valence-corrected chi connectivity index (χ3v) is 1.67. The Morgan fingerprint density at radius 3 is 2.93 bits per heavy atom. The highest BCUT2D eigenvalue weighted by atomic mass is 16.5. The van der Waals surface area contributed by atoms with E-state index in [0.717, 1.165) is 4.90 Å². The molecular formula is C9H10N2O3. The summed E-state index contributed by atoms with van der Waals surface area (Å²) in [6.45, 7) is 3.47. The number of imide groups is 1. The summed E-state index contributed by atoms with van der Waals surface area (Å²) in [6.07, 6.45) is 5.54. The molecule has 3 amide bonds. The second-order valence-electron chi connectivity index (χ2n) is 2.56. The fraction of sp³-hybridized carbons (Fsp3) is 0.333. The monoisotopic (exact) mass is 194 g/mol. The summed E-state index contributed by atoms with van der Waals surface area (Å²) in [5.74, 6) is 1.90. The largest absolute Gasteiger partial charge is 0.341 e. The van der Waals surface area contributed by atoms with E-state index in [1.165, 1.54) is 6.08 Å². The smallest absolute Gasteiger partial charge is 0.327 e. The third kappa shape index (κ3) is 1.92. The van der Waals surface area contributed by atoms with Crippen molar-refractivity contribution >= 4 is 11.9 Å². The molecule has 5 nitrogen and oxygen atoms in total. The Hall–Kier alpha value is -1.80. The molecule has 1 N–H and O–H groups in total. The third-order valence-electron chi connectivity index (χ3n) is 1.67. The average Bonchev–Trinajstić information content (AvgIpc) is 2.50. The van der Waals surface area contributed by atoms with Crippen LogP contribution in [0.3, 0.4) is 0 Å². The van der Waals surface area contributed by atoms with E-state index in [-0.39, 0.29) is 19.1 Å². The quantitative estimate of drug-likeness (QED) is 0.380. The second-order valence-corrected chi connectivity index (χ2v) is 2.56. The first kappa shape index (κ1) is 10.3. The highest BCUT2D eigenvalue weighted by molar-refractivity contribution is 6.02. The van der Waals surface area contributed by atoms with Gasteiger partial charge in [-0.05, 0) is 6.08 Å². The van der Waals surface area contributed by atoms with Gasteiger partial charge in [-0.25, -0.2) is 9.69 Å². The van der Waals surface area contributed by atoms with Gasteiger partial charge in [0.25, 0.3) is 5.91 Å². The Morgan fingerprint density at radius 1 is 1.79 bits per heavy atom. The van der Waals surface area contributed by atoms with Gasteiger partial charge in [0.2, 0.25) is 0 Å². The zero-order chi connectivity index (χ0) is 10.6. The van der Waals surface area contributed by atoms with Crippen molar-refractivity contribution in [2.45, 2.75) is 6.23 Å². The number of carbonyl (C=O) groups is 2. The summed E-state index contributed by atoms with van der Waals surface area (Å²) in [5, 5.41) is 2.37. The Balaban J connectivity index is 2.68. The minimum atomic E-state index is -0.791. The maximum Gasteiger partial charge on any atom is 0.327 e. The number of rotatable bonds is 4. The number of ether oxygens (including phenoxy) is 1. The van der Waals surface area contributed by atoms with Gasteiger partial charge in [-0.3, -0.25) is 4.79 Å². The molecule has 0 saturated carbocycles. The van der Waals surface area contributed by atoms with Crippen LogP contribution in [-0.4, -0.2) is 36.2 Å². The number of nitrogens with one attached hydrogen (secondary N) is 1. The van der Waals surface area contributed by atoms with E-state index < -0.39 is 12.3 Å². The average molecular weight is 194 g/mol. The molecule has 1 saturated heterocycles. The van der Waals surface area contributed by atoms with Crippen LogP contribution in [-0.2, 0) is 9.53 Å². The van der Waals surface area contributed by atoms with Crippen LogP contribution >= 0.6 is 0 Å². The summed E-state index contributed by atoms with van der Waals surface area (Å²) < 4.78 is 5.06. The second kappa shape index (κ2) is 4.44. The van der Waals surface area contributed by atoms with Crippen molar-refractivity contribution < 1.29 is 14.3 Å². The number of hydrogen-bond donors (Lipinski definition) is 1.